The van der Waals surface area contributed by atoms with Crippen molar-refractivity contribution in [3.8, 4) is 0 Å². The smallest absolute Gasteiger partial charge is 0.306 e. The molecule has 0 saturated heterocycles. The van der Waals surface area contributed by atoms with Crippen molar-refractivity contribution in [2.45, 2.75) is 46.0 Å². The number of carbonyl (C=O) groups is 1. The van der Waals surface area contributed by atoms with Gasteiger partial charge in [0.2, 0.25) is 0 Å². The second kappa shape index (κ2) is 11.4. The van der Waals surface area contributed by atoms with Crippen molar-refractivity contribution in [2.75, 3.05) is 0 Å². The van der Waals surface area contributed by atoms with Crippen LogP contribution in [0.25, 0.3) is 0 Å². The summed E-state index contributed by atoms with van der Waals surface area (Å²) in [6.45, 7) is 4.12. The third-order valence-electron chi connectivity index (χ3n) is 1.89. The summed E-state index contributed by atoms with van der Waals surface area (Å²) in [5.74, 6) is -0.722. The molecule has 0 aliphatic carbocycles. The van der Waals surface area contributed by atoms with Gasteiger partial charge < -0.3 is 16.1 Å². The zero-order valence-electron chi connectivity index (χ0n) is 8.47. The topological polar surface area (TPSA) is 100 Å². The Labute approximate surface area is 79.6 Å². The third-order valence-corrected chi connectivity index (χ3v) is 1.89. The van der Waals surface area contributed by atoms with E-state index in [-0.39, 0.29) is 16.9 Å². The van der Waals surface area contributed by atoms with Crippen molar-refractivity contribution in [1.29, 1.82) is 0 Å². The van der Waals surface area contributed by atoms with Gasteiger partial charge in [-0.2, -0.15) is 0 Å². The summed E-state index contributed by atoms with van der Waals surface area (Å²) in [5, 5.41) is 8.73. The molecule has 0 aromatic carbocycles. The molecular formula is C9H22O4. The molecule has 5 N–H and O–H groups in total. The number of carboxylic acids is 1. The van der Waals surface area contributed by atoms with Gasteiger partial charge in [0.15, 0.2) is 0 Å². The second-order valence-corrected chi connectivity index (χ2v) is 2.97. The molecule has 0 spiro atoms. The Kier molecular flexibility index (Phi) is 16.0. The predicted octanol–water partition coefficient (Wildman–Crippen LogP) is 1.03. The van der Waals surface area contributed by atoms with Crippen molar-refractivity contribution in [2.24, 2.45) is 5.92 Å². The summed E-state index contributed by atoms with van der Waals surface area (Å²) in [6, 6.07) is 0. The molecule has 0 aliphatic rings. The van der Waals surface area contributed by atoms with Crippen molar-refractivity contribution in [3.05, 3.63) is 0 Å². The normalized spacial score (nSPS) is 10.9. The van der Waals surface area contributed by atoms with Gasteiger partial charge in [-0.15, -0.1) is 0 Å². The SMILES string of the molecule is CCCCC(CCC)C(=O)O.O.O. The molecule has 1 atom stereocenters. The fraction of sp³-hybridized carbons (Fsp3) is 0.889. The largest absolute Gasteiger partial charge is 0.481 e. The van der Waals surface area contributed by atoms with Gasteiger partial charge in [0.1, 0.15) is 0 Å². The van der Waals surface area contributed by atoms with E-state index >= 15 is 0 Å². The van der Waals surface area contributed by atoms with Gasteiger partial charge in [-0.25, -0.2) is 0 Å². The second-order valence-electron chi connectivity index (χ2n) is 2.97. The third kappa shape index (κ3) is 9.30. The maximum Gasteiger partial charge on any atom is 0.306 e. The maximum atomic E-state index is 10.6. The maximum absolute atomic E-state index is 10.6. The van der Waals surface area contributed by atoms with Gasteiger partial charge in [-0.05, 0) is 12.8 Å². The van der Waals surface area contributed by atoms with Crippen LogP contribution >= 0.6 is 0 Å². The highest BCUT2D eigenvalue weighted by molar-refractivity contribution is 5.69. The molecule has 0 rings (SSSR count). The lowest BCUT2D eigenvalue weighted by molar-refractivity contribution is -0.142. The minimum atomic E-state index is -0.625. The van der Waals surface area contributed by atoms with Crippen LogP contribution in [-0.2, 0) is 4.79 Å². The zero-order valence-corrected chi connectivity index (χ0v) is 8.47. The Balaban J connectivity index is -0.000000500. The molecule has 0 saturated carbocycles. The number of hydrogen-bond acceptors (Lipinski definition) is 1. The predicted molar refractivity (Wildman–Crippen MR) is 52.8 cm³/mol. The summed E-state index contributed by atoms with van der Waals surface area (Å²) in [6.07, 6.45) is 4.78. The molecule has 0 aromatic heterocycles. The molecule has 4 heteroatoms. The number of aliphatic carboxylic acids is 1. The summed E-state index contributed by atoms with van der Waals surface area (Å²) >= 11 is 0. The molecule has 13 heavy (non-hydrogen) atoms. The first-order valence-electron chi connectivity index (χ1n) is 4.45. The van der Waals surface area contributed by atoms with E-state index in [1.807, 2.05) is 6.92 Å². The number of hydrogen-bond donors (Lipinski definition) is 1. The Morgan fingerprint density at radius 3 is 2.00 bits per heavy atom. The van der Waals surface area contributed by atoms with Crippen LogP contribution in [0.15, 0.2) is 0 Å². The molecule has 0 aliphatic heterocycles. The van der Waals surface area contributed by atoms with Crippen LogP contribution in [0.4, 0.5) is 0 Å². The molecular weight excluding hydrogens is 172 g/mol. The standard InChI is InChI=1S/C9H18O2.2H2O/c1-3-5-7-8(6-4-2)9(10)11;;/h8H,3-7H2,1-2H3,(H,10,11);2*1H2. The minimum absolute atomic E-state index is 0. The quantitative estimate of drug-likeness (QED) is 0.682. The molecule has 1 unspecified atom stereocenters. The average molecular weight is 194 g/mol. The van der Waals surface area contributed by atoms with E-state index in [2.05, 4.69) is 6.92 Å². The Morgan fingerprint density at radius 1 is 1.15 bits per heavy atom. The molecule has 0 fully saturated rings. The van der Waals surface area contributed by atoms with Gasteiger partial charge in [-0.1, -0.05) is 33.1 Å². The molecule has 0 radical (unpaired) electrons. The highest BCUT2D eigenvalue weighted by Gasteiger charge is 2.14. The highest BCUT2D eigenvalue weighted by Crippen LogP contribution is 2.14. The van der Waals surface area contributed by atoms with Crippen molar-refractivity contribution < 1.29 is 20.9 Å². The van der Waals surface area contributed by atoms with Crippen LogP contribution in [-0.4, -0.2) is 22.0 Å². The summed E-state index contributed by atoms with van der Waals surface area (Å²) in [5.41, 5.74) is 0. The van der Waals surface area contributed by atoms with E-state index in [0.29, 0.717) is 0 Å². The van der Waals surface area contributed by atoms with Crippen molar-refractivity contribution >= 4 is 5.97 Å². The van der Waals surface area contributed by atoms with Crippen LogP contribution in [0, 0.1) is 5.92 Å². The fourth-order valence-corrected chi connectivity index (χ4v) is 1.19. The zero-order chi connectivity index (χ0) is 8.69. The Bertz CT molecular complexity index is 114. The molecule has 4 nitrogen and oxygen atoms in total. The van der Waals surface area contributed by atoms with E-state index in [1.165, 1.54) is 0 Å². The molecule has 0 bridgehead atoms. The van der Waals surface area contributed by atoms with E-state index in [0.717, 1.165) is 32.1 Å². The molecule has 0 heterocycles. The highest BCUT2D eigenvalue weighted by atomic mass is 16.4. The number of unbranched alkanes of at least 4 members (excludes halogenated alkanes) is 1. The summed E-state index contributed by atoms with van der Waals surface area (Å²) in [4.78, 5) is 10.6. The molecule has 0 aromatic rings. The first-order valence-corrected chi connectivity index (χ1v) is 4.45. The monoisotopic (exact) mass is 194 g/mol. The Morgan fingerprint density at radius 2 is 1.69 bits per heavy atom. The lowest BCUT2D eigenvalue weighted by Crippen LogP contribution is -2.12. The molecule has 82 valence electrons. The van der Waals surface area contributed by atoms with E-state index in [1.54, 1.807) is 0 Å². The van der Waals surface area contributed by atoms with Crippen molar-refractivity contribution in [3.63, 3.8) is 0 Å². The number of carboxylic acid groups (broad SMARTS) is 1. The lowest BCUT2D eigenvalue weighted by atomic mass is 9.97. The van der Waals surface area contributed by atoms with Gasteiger partial charge in [-0.3, -0.25) is 4.79 Å². The molecule has 0 amide bonds. The van der Waals surface area contributed by atoms with Crippen LogP contribution in [0.5, 0.6) is 0 Å². The van der Waals surface area contributed by atoms with E-state index < -0.39 is 5.97 Å². The summed E-state index contributed by atoms with van der Waals surface area (Å²) < 4.78 is 0. The van der Waals surface area contributed by atoms with Crippen LogP contribution in [0.3, 0.4) is 0 Å². The van der Waals surface area contributed by atoms with Crippen molar-refractivity contribution in [1.82, 2.24) is 0 Å². The average Bonchev–Trinajstić information content (AvgIpc) is 1.97. The fourth-order valence-electron chi connectivity index (χ4n) is 1.19. The van der Waals surface area contributed by atoms with Crippen LogP contribution in [0.2, 0.25) is 0 Å². The van der Waals surface area contributed by atoms with Crippen LogP contribution in [0.1, 0.15) is 46.0 Å². The van der Waals surface area contributed by atoms with E-state index in [4.69, 9.17) is 5.11 Å². The van der Waals surface area contributed by atoms with Gasteiger partial charge in [0, 0.05) is 0 Å². The number of rotatable bonds is 6. The minimum Gasteiger partial charge on any atom is -0.481 e. The van der Waals surface area contributed by atoms with Crippen LogP contribution < -0.4 is 0 Å². The van der Waals surface area contributed by atoms with Gasteiger partial charge >= 0.3 is 5.97 Å². The Hall–Kier alpha value is -0.610. The summed E-state index contributed by atoms with van der Waals surface area (Å²) in [7, 11) is 0. The van der Waals surface area contributed by atoms with E-state index in [9.17, 15) is 4.79 Å². The van der Waals surface area contributed by atoms with Gasteiger partial charge in [0.05, 0.1) is 5.92 Å². The van der Waals surface area contributed by atoms with Gasteiger partial charge in [0.25, 0.3) is 0 Å². The first kappa shape index (κ1) is 18.2. The lowest BCUT2D eigenvalue weighted by Gasteiger charge is -2.08. The first-order chi connectivity index (χ1) is 5.22.